The van der Waals surface area contributed by atoms with Crippen LogP contribution >= 0.6 is 23.2 Å². The smallest absolute Gasteiger partial charge is 0.230 e. The number of hydrogen-bond acceptors (Lipinski definition) is 3. The van der Waals surface area contributed by atoms with Crippen LogP contribution in [0, 0.1) is 5.92 Å². The third kappa shape index (κ3) is 2.79. The van der Waals surface area contributed by atoms with Gasteiger partial charge >= 0.3 is 0 Å². The van der Waals surface area contributed by atoms with Crippen molar-refractivity contribution in [3.63, 3.8) is 0 Å². The van der Waals surface area contributed by atoms with Crippen molar-refractivity contribution in [3.05, 3.63) is 58.3 Å². The van der Waals surface area contributed by atoms with Crippen LogP contribution in [0.4, 0.5) is 5.69 Å². The minimum absolute atomic E-state index is 0.0315. The summed E-state index contributed by atoms with van der Waals surface area (Å²) in [5.74, 6) is -0.183. The molecule has 2 aromatic rings. The Labute approximate surface area is 150 Å². The third-order valence-corrected chi connectivity index (χ3v) is 5.59. The molecule has 0 unspecified atom stereocenters. The van der Waals surface area contributed by atoms with Crippen molar-refractivity contribution in [2.45, 2.75) is 31.0 Å². The number of ether oxygens (including phenoxy) is 1. The van der Waals surface area contributed by atoms with Crippen LogP contribution in [-0.4, -0.2) is 23.1 Å². The SMILES string of the molecule is O=C(Nc1ccc(Cl)c(Cl)c1)[C@H]1[C@@H](c2ccncc2)[C@@H]2CC[C@H]1O2. The lowest BCUT2D eigenvalue weighted by atomic mass is 9.75. The van der Waals surface area contributed by atoms with Gasteiger partial charge in [0.2, 0.25) is 5.91 Å². The van der Waals surface area contributed by atoms with Gasteiger partial charge in [0.05, 0.1) is 28.2 Å². The molecule has 124 valence electrons. The van der Waals surface area contributed by atoms with Gasteiger partial charge < -0.3 is 10.1 Å². The molecule has 0 aliphatic carbocycles. The van der Waals surface area contributed by atoms with E-state index in [1.807, 2.05) is 12.1 Å². The van der Waals surface area contributed by atoms with Gasteiger partial charge in [-0.25, -0.2) is 0 Å². The normalized spacial score (nSPS) is 28.1. The predicted molar refractivity (Wildman–Crippen MR) is 93.5 cm³/mol. The van der Waals surface area contributed by atoms with Gasteiger partial charge in [0.25, 0.3) is 0 Å². The first kappa shape index (κ1) is 15.9. The van der Waals surface area contributed by atoms with E-state index in [1.54, 1.807) is 30.6 Å². The Balaban J connectivity index is 1.59. The van der Waals surface area contributed by atoms with Gasteiger partial charge in [0.15, 0.2) is 0 Å². The van der Waals surface area contributed by atoms with Crippen molar-refractivity contribution in [2.75, 3.05) is 5.32 Å². The molecule has 1 aromatic heterocycles. The Hall–Kier alpha value is -1.62. The van der Waals surface area contributed by atoms with Gasteiger partial charge in [-0.3, -0.25) is 9.78 Å². The highest BCUT2D eigenvalue weighted by Gasteiger charge is 2.52. The number of fused-ring (bicyclic) bond motifs is 2. The summed E-state index contributed by atoms with van der Waals surface area (Å²) in [5, 5.41) is 3.84. The molecule has 2 saturated heterocycles. The number of benzene rings is 1. The highest BCUT2D eigenvalue weighted by molar-refractivity contribution is 6.42. The van der Waals surface area contributed by atoms with Crippen LogP contribution < -0.4 is 5.32 Å². The zero-order chi connectivity index (χ0) is 16.7. The summed E-state index contributed by atoms with van der Waals surface area (Å²) in [6.45, 7) is 0. The molecule has 24 heavy (non-hydrogen) atoms. The monoisotopic (exact) mass is 362 g/mol. The molecule has 2 bridgehead atoms. The molecule has 0 spiro atoms. The van der Waals surface area contributed by atoms with Crippen LogP contribution in [0.5, 0.6) is 0 Å². The fraction of sp³-hybridized carbons (Fsp3) is 0.333. The zero-order valence-electron chi connectivity index (χ0n) is 12.8. The van der Waals surface area contributed by atoms with Crippen molar-refractivity contribution in [1.82, 2.24) is 4.98 Å². The van der Waals surface area contributed by atoms with Gasteiger partial charge in [-0.15, -0.1) is 0 Å². The lowest BCUT2D eigenvalue weighted by Gasteiger charge is -2.27. The number of halogens is 2. The van der Waals surface area contributed by atoms with E-state index in [-0.39, 0.29) is 30.0 Å². The number of nitrogens with one attached hydrogen (secondary N) is 1. The molecule has 0 radical (unpaired) electrons. The lowest BCUT2D eigenvalue weighted by Crippen LogP contribution is -2.36. The molecule has 4 atom stereocenters. The molecular formula is C18H16Cl2N2O2. The molecular weight excluding hydrogens is 347 g/mol. The van der Waals surface area contributed by atoms with Crippen molar-refractivity contribution >= 4 is 34.8 Å². The maximum absolute atomic E-state index is 12.9. The number of pyridine rings is 1. The van der Waals surface area contributed by atoms with Gasteiger partial charge in [0, 0.05) is 24.0 Å². The van der Waals surface area contributed by atoms with Crippen LogP contribution in [0.1, 0.15) is 24.3 Å². The number of anilines is 1. The molecule has 0 saturated carbocycles. The topological polar surface area (TPSA) is 51.2 Å². The maximum Gasteiger partial charge on any atom is 0.230 e. The molecule has 6 heteroatoms. The van der Waals surface area contributed by atoms with E-state index in [1.165, 1.54) is 0 Å². The summed E-state index contributed by atoms with van der Waals surface area (Å²) < 4.78 is 6.03. The Bertz CT molecular complexity index is 769. The molecule has 2 aliphatic heterocycles. The molecule has 3 heterocycles. The van der Waals surface area contributed by atoms with E-state index in [9.17, 15) is 4.79 Å². The van der Waals surface area contributed by atoms with Crippen LogP contribution in [0.3, 0.4) is 0 Å². The number of nitrogens with zero attached hydrogens (tertiary/aromatic N) is 1. The second-order valence-corrected chi connectivity index (χ2v) is 7.05. The zero-order valence-corrected chi connectivity index (χ0v) is 14.3. The van der Waals surface area contributed by atoms with Crippen molar-refractivity contribution in [3.8, 4) is 0 Å². The number of carbonyl (C=O) groups excluding carboxylic acids is 1. The molecule has 4 rings (SSSR count). The predicted octanol–water partition coefficient (Wildman–Crippen LogP) is 4.29. The average Bonchev–Trinajstić information content (AvgIpc) is 3.20. The fourth-order valence-corrected chi connectivity index (χ4v) is 4.12. The first-order valence-electron chi connectivity index (χ1n) is 7.95. The minimum atomic E-state index is -0.208. The van der Waals surface area contributed by atoms with Gasteiger partial charge in [-0.05, 0) is 48.7 Å². The van der Waals surface area contributed by atoms with E-state index in [4.69, 9.17) is 27.9 Å². The Kier molecular flexibility index (Phi) is 4.21. The van der Waals surface area contributed by atoms with Crippen molar-refractivity contribution < 1.29 is 9.53 Å². The first-order valence-corrected chi connectivity index (χ1v) is 8.70. The summed E-state index contributed by atoms with van der Waals surface area (Å²) in [6, 6.07) is 9.03. The Morgan fingerprint density at radius 2 is 1.83 bits per heavy atom. The standard InChI is InChI=1S/C18H16Cl2N2O2/c19-12-2-1-11(9-13(12)20)22-18(23)17-15-4-3-14(24-15)16(17)10-5-7-21-8-6-10/h1-2,5-9,14-17H,3-4H2,(H,22,23)/t14-,15+,16-,17+/m0/s1. The highest BCUT2D eigenvalue weighted by atomic mass is 35.5. The largest absolute Gasteiger partial charge is 0.373 e. The Morgan fingerprint density at radius 1 is 1.08 bits per heavy atom. The van der Waals surface area contributed by atoms with Gasteiger partial charge in [0.1, 0.15) is 0 Å². The Morgan fingerprint density at radius 3 is 2.58 bits per heavy atom. The highest BCUT2D eigenvalue weighted by Crippen LogP contribution is 2.49. The second kappa shape index (κ2) is 6.36. The minimum Gasteiger partial charge on any atom is -0.373 e. The summed E-state index contributed by atoms with van der Waals surface area (Å²) in [6.07, 6.45) is 5.50. The molecule has 2 aliphatic rings. The number of rotatable bonds is 3. The van der Waals surface area contributed by atoms with E-state index in [0.717, 1.165) is 18.4 Å². The van der Waals surface area contributed by atoms with Crippen molar-refractivity contribution in [2.24, 2.45) is 5.92 Å². The summed E-state index contributed by atoms with van der Waals surface area (Å²) in [7, 11) is 0. The molecule has 2 fully saturated rings. The maximum atomic E-state index is 12.9. The first-order chi connectivity index (χ1) is 11.6. The number of carbonyl (C=O) groups is 1. The van der Waals surface area contributed by atoms with Crippen LogP contribution in [0.15, 0.2) is 42.7 Å². The summed E-state index contributed by atoms with van der Waals surface area (Å²) in [4.78, 5) is 17.0. The van der Waals surface area contributed by atoms with Crippen molar-refractivity contribution in [1.29, 1.82) is 0 Å². The van der Waals surface area contributed by atoms with Crippen LogP contribution in [0.25, 0.3) is 0 Å². The molecule has 1 aromatic carbocycles. The van der Waals surface area contributed by atoms with Crippen LogP contribution in [-0.2, 0) is 9.53 Å². The molecule has 4 nitrogen and oxygen atoms in total. The summed E-state index contributed by atoms with van der Waals surface area (Å²) in [5.41, 5.74) is 1.75. The average molecular weight is 363 g/mol. The van der Waals surface area contributed by atoms with E-state index in [0.29, 0.717) is 15.7 Å². The fourth-order valence-electron chi connectivity index (χ4n) is 3.82. The van der Waals surface area contributed by atoms with E-state index >= 15 is 0 Å². The van der Waals surface area contributed by atoms with E-state index < -0.39 is 0 Å². The quantitative estimate of drug-likeness (QED) is 0.885. The lowest BCUT2D eigenvalue weighted by molar-refractivity contribution is -0.121. The van der Waals surface area contributed by atoms with Gasteiger partial charge in [-0.2, -0.15) is 0 Å². The summed E-state index contributed by atoms with van der Waals surface area (Å²) >= 11 is 12.0. The second-order valence-electron chi connectivity index (χ2n) is 6.24. The number of aromatic nitrogens is 1. The number of amides is 1. The van der Waals surface area contributed by atoms with Gasteiger partial charge in [-0.1, -0.05) is 23.2 Å². The van der Waals surface area contributed by atoms with Crippen LogP contribution in [0.2, 0.25) is 10.0 Å². The molecule has 1 N–H and O–H groups in total. The number of hydrogen-bond donors (Lipinski definition) is 1. The molecule has 1 amide bonds. The third-order valence-electron chi connectivity index (χ3n) is 4.85. The van der Waals surface area contributed by atoms with E-state index in [2.05, 4.69) is 10.3 Å².